The summed E-state index contributed by atoms with van der Waals surface area (Å²) in [6, 6.07) is 1.55. The maximum Gasteiger partial charge on any atom is 0.319 e. The third-order valence-corrected chi connectivity index (χ3v) is 8.62. The minimum absolute atomic E-state index is 0.00129. The van der Waals surface area contributed by atoms with Gasteiger partial charge in [0.15, 0.2) is 11.6 Å². The van der Waals surface area contributed by atoms with E-state index in [1.54, 1.807) is 32.0 Å². The molecule has 1 aromatic carbocycles. The number of nitrogens with two attached hydrogens (primary N) is 1. The third kappa shape index (κ3) is 4.63. The molecule has 8 atom stereocenters. The summed E-state index contributed by atoms with van der Waals surface area (Å²) in [5.74, 6) is -9.36. The Morgan fingerprint density at radius 1 is 1.10 bits per heavy atom. The number of hydrogen-bond donors (Lipinski definition) is 7. The van der Waals surface area contributed by atoms with Crippen molar-refractivity contribution in [2.45, 2.75) is 51.4 Å². The van der Waals surface area contributed by atoms with E-state index in [0.717, 1.165) is 6.42 Å². The SMILES string of the molecule is CC(C)CCNC(=O)Nc1ccc2c(c1O)C(O)=C1C(=O)C3C(=O)C(C(N)=O)C(O)C(N(C)C)C3[C@@H](O)C1[C@H]2C. The number of aliphatic hydroxyl groups is 3. The fourth-order valence-corrected chi connectivity index (χ4v) is 6.70. The zero-order chi connectivity index (χ0) is 29.8. The van der Waals surface area contributed by atoms with Gasteiger partial charge in [-0.15, -0.1) is 0 Å². The first-order valence-electron chi connectivity index (χ1n) is 13.4. The molecule has 40 heavy (non-hydrogen) atoms. The summed E-state index contributed by atoms with van der Waals surface area (Å²) >= 11 is 0. The Labute approximate surface area is 232 Å². The number of aliphatic hydroxyl groups excluding tert-OH is 3. The van der Waals surface area contributed by atoms with Crippen molar-refractivity contribution in [2.24, 2.45) is 35.3 Å². The molecule has 2 saturated carbocycles. The second-order valence-electron chi connectivity index (χ2n) is 11.7. The normalized spacial score (nSPS) is 31.5. The number of nitrogens with zero attached hydrogens (tertiary/aromatic N) is 1. The standard InChI is InChI=1S/C28H38N4O8/c1-10(2)8-9-30-28(40)31-13-7-6-12-11(3)14-17(23(35)15(12)21(13)33)24(36)18-16(22(14)34)20(32(4)5)26(38)19(25(18)37)27(29)39/h6-7,10-11,14,16,18-20,22,26,33-35,38H,8-9H2,1-5H3,(H2,29,39)(H2,30,31,40)/t11-,14?,16?,18?,19?,20?,22-,26?/m0/s1. The smallest absolute Gasteiger partial charge is 0.319 e. The number of aromatic hydroxyl groups is 1. The fraction of sp³-hybridized carbons (Fsp3) is 0.571. The van der Waals surface area contributed by atoms with Gasteiger partial charge in [0.25, 0.3) is 0 Å². The lowest BCUT2D eigenvalue weighted by atomic mass is 9.54. The Balaban J connectivity index is 1.78. The number of phenolic OH excluding ortho intramolecular Hbond substituents is 1. The summed E-state index contributed by atoms with van der Waals surface area (Å²) in [5, 5.41) is 50.3. The van der Waals surface area contributed by atoms with Gasteiger partial charge in [-0.05, 0) is 44.0 Å². The van der Waals surface area contributed by atoms with Crippen LogP contribution >= 0.6 is 0 Å². The number of fused-ring (bicyclic) bond motifs is 3. The van der Waals surface area contributed by atoms with E-state index in [1.165, 1.54) is 6.07 Å². The van der Waals surface area contributed by atoms with Crippen LogP contribution in [0.25, 0.3) is 5.76 Å². The number of carbonyl (C=O) groups is 4. The van der Waals surface area contributed by atoms with Gasteiger partial charge in [0, 0.05) is 30.0 Å². The molecule has 2 fully saturated rings. The topological polar surface area (TPSA) is 203 Å². The largest absolute Gasteiger partial charge is 0.507 e. The lowest BCUT2D eigenvalue weighted by Crippen LogP contribution is -2.68. The minimum atomic E-state index is -1.67. The molecule has 0 radical (unpaired) electrons. The van der Waals surface area contributed by atoms with Crippen LogP contribution in [0.2, 0.25) is 0 Å². The molecular formula is C28H38N4O8. The van der Waals surface area contributed by atoms with E-state index in [9.17, 15) is 39.6 Å². The van der Waals surface area contributed by atoms with E-state index in [2.05, 4.69) is 10.6 Å². The van der Waals surface area contributed by atoms with Gasteiger partial charge < -0.3 is 41.7 Å². The van der Waals surface area contributed by atoms with Crippen molar-refractivity contribution < 1.29 is 39.6 Å². The number of urea groups is 1. The molecule has 6 unspecified atom stereocenters. The van der Waals surface area contributed by atoms with E-state index in [1.807, 2.05) is 13.8 Å². The average Bonchev–Trinajstić information content (AvgIpc) is 2.84. The molecule has 1 aromatic rings. The van der Waals surface area contributed by atoms with Gasteiger partial charge in [0.2, 0.25) is 5.91 Å². The predicted octanol–water partition coefficient (Wildman–Crippen LogP) is 0.714. The fourth-order valence-electron chi connectivity index (χ4n) is 6.70. The van der Waals surface area contributed by atoms with Crippen LogP contribution < -0.4 is 16.4 Å². The maximum absolute atomic E-state index is 13.9. The van der Waals surface area contributed by atoms with Crippen molar-refractivity contribution >= 4 is 35.0 Å². The molecule has 3 aliphatic rings. The highest BCUT2D eigenvalue weighted by atomic mass is 16.3. The summed E-state index contributed by atoms with van der Waals surface area (Å²) in [7, 11) is 3.20. The van der Waals surface area contributed by atoms with Gasteiger partial charge in [-0.3, -0.25) is 14.4 Å². The van der Waals surface area contributed by atoms with E-state index < -0.39 is 82.9 Å². The highest BCUT2D eigenvalue weighted by molar-refractivity contribution is 6.19. The van der Waals surface area contributed by atoms with Crippen molar-refractivity contribution in [3.8, 4) is 5.75 Å². The molecular weight excluding hydrogens is 520 g/mol. The van der Waals surface area contributed by atoms with Crippen molar-refractivity contribution in [1.82, 2.24) is 10.2 Å². The second-order valence-corrected chi connectivity index (χ2v) is 11.7. The summed E-state index contributed by atoms with van der Waals surface area (Å²) in [6.07, 6.45) is -2.16. The first-order valence-corrected chi connectivity index (χ1v) is 13.4. The van der Waals surface area contributed by atoms with Gasteiger partial charge in [-0.1, -0.05) is 26.8 Å². The summed E-state index contributed by atoms with van der Waals surface area (Å²) in [5.41, 5.74) is 5.53. The van der Waals surface area contributed by atoms with Crippen LogP contribution in [0.3, 0.4) is 0 Å². The van der Waals surface area contributed by atoms with Gasteiger partial charge in [-0.2, -0.15) is 0 Å². The quantitative estimate of drug-likeness (QED) is 0.194. The lowest BCUT2D eigenvalue weighted by molar-refractivity contribution is -0.166. The number of phenols is 1. The minimum Gasteiger partial charge on any atom is -0.507 e. The summed E-state index contributed by atoms with van der Waals surface area (Å²) in [6.45, 7) is 6.17. The number of hydrogen-bond acceptors (Lipinski definition) is 9. The molecule has 4 rings (SSSR count). The first kappa shape index (κ1) is 29.5. The Hall–Kier alpha value is -3.48. The van der Waals surface area contributed by atoms with Crippen LogP contribution in [-0.4, -0.2) is 87.7 Å². The molecule has 0 bridgehead atoms. The molecule has 0 heterocycles. The van der Waals surface area contributed by atoms with Gasteiger partial charge in [0.1, 0.15) is 17.4 Å². The van der Waals surface area contributed by atoms with Crippen LogP contribution in [0.4, 0.5) is 10.5 Å². The molecule has 3 amide bonds. The van der Waals surface area contributed by atoms with Crippen LogP contribution in [0.5, 0.6) is 5.75 Å². The predicted molar refractivity (Wildman–Crippen MR) is 145 cm³/mol. The second kappa shape index (κ2) is 10.8. The first-order chi connectivity index (χ1) is 18.7. The zero-order valence-corrected chi connectivity index (χ0v) is 23.2. The maximum atomic E-state index is 13.9. The monoisotopic (exact) mass is 558 g/mol. The van der Waals surface area contributed by atoms with Crippen molar-refractivity contribution in [3.05, 3.63) is 28.8 Å². The van der Waals surface area contributed by atoms with Gasteiger partial charge >= 0.3 is 6.03 Å². The van der Waals surface area contributed by atoms with E-state index >= 15 is 0 Å². The molecule has 8 N–H and O–H groups in total. The van der Waals surface area contributed by atoms with Crippen molar-refractivity contribution in [2.75, 3.05) is 26.0 Å². The van der Waals surface area contributed by atoms with Crippen molar-refractivity contribution in [1.29, 1.82) is 0 Å². The number of carbonyl (C=O) groups excluding carboxylic acids is 4. The number of primary amides is 1. The Bertz CT molecular complexity index is 1280. The molecule has 12 nitrogen and oxygen atoms in total. The van der Waals surface area contributed by atoms with Crippen LogP contribution in [0, 0.1) is 29.6 Å². The molecule has 0 aromatic heterocycles. The molecule has 12 heteroatoms. The molecule has 0 aliphatic heterocycles. The highest BCUT2D eigenvalue weighted by Gasteiger charge is 2.63. The Kier molecular flexibility index (Phi) is 7.99. The van der Waals surface area contributed by atoms with Crippen LogP contribution in [-0.2, 0) is 14.4 Å². The summed E-state index contributed by atoms with van der Waals surface area (Å²) in [4.78, 5) is 53.4. The zero-order valence-electron chi connectivity index (χ0n) is 23.2. The number of Topliss-reactive ketones (excluding diaryl/α,β-unsaturated/α-hetero) is 2. The molecule has 0 spiro atoms. The lowest BCUT2D eigenvalue weighted by Gasteiger charge is -2.53. The number of benzene rings is 1. The van der Waals surface area contributed by atoms with Crippen LogP contribution in [0.15, 0.2) is 17.7 Å². The number of ketones is 2. The number of nitrogens with one attached hydrogen (secondary N) is 2. The van der Waals surface area contributed by atoms with Crippen molar-refractivity contribution in [3.63, 3.8) is 0 Å². The number of rotatable bonds is 6. The van der Waals surface area contributed by atoms with E-state index in [0.29, 0.717) is 18.0 Å². The number of likely N-dealkylation sites (N-methyl/N-ethyl adjacent to an activating group) is 1. The summed E-state index contributed by atoms with van der Waals surface area (Å²) < 4.78 is 0. The highest BCUT2D eigenvalue weighted by Crippen LogP contribution is 2.55. The van der Waals surface area contributed by atoms with Gasteiger partial charge in [-0.25, -0.2) is 4.79 Å². The Morgan fingerprint density at radius 3 is 2.33 bits per heavy atom. The van der Waals surface area contributed by atoms with E-state index in [-0.39, 0.29) is 16.8 Å². The molecule has 218 valence electrons. The average molecular weight is 559 g/mol. The Morgan fingerprint density at radius 2 is 1.75 bits per heavy atom. The molecule has 3 aliphatic carbocycles. The number of anilines is 1. The number of amides is 3. The third-order valence-electron chi connectivity index (χ3n) is 8.62. The van der Waals surface area contributed by atoms with Crippen LogP contribution in [0.1, 0.15) is 44.2 Å². The van der Waals surface area contributed by atoms with E-state index in [4.69, 9.17) is 5.73 Å². The van der Waals surface area contributed by atoms with Gasteiger partial charge in [0.05, 0.1) is 29.4 Å². The molecule has 0 saturated heterocycles.